The number of carbonyl (C=O) groups excluding carboxylic acids is 3. The van der Waals surface area contributed by atoms with Crippen LogP contribution in [0.1, 0.15) is 61.1 Å². The lowest BCUT2D eigenvalue weighted by Crippen LogP contribution is -2.58. The van der Waals surface area contributed by atoms with Crippen molar-refractivity contribution in [3.8, 4) is 5.75 Å². The van der Waals surface area contributed by atoms with E-state index >= 15 is 0 Å². The van der Waals surface area contributed by atoms with Crippen molar-refractivity contribution in [1.29, 1.82) is 0 Å². The summed E-state index contributed by atoms with van der Waals surface area (Å²) in [5.74, 6) is -0.275. The number of benzene rings is 2. The Morgan fingerprint density at radius 2 is 1.81 bits per heavy atom. The fraction of sp³-hybridized carbons (Fsp3) is 0.394. The van der Waals surface area contributed by atoms with Crippen molar-refractivity contribution < 1.29 is 24.3 Å². The predicted molar refractivity (Wildman–Crippen MR) is 161 cm³/mol. The molecule has 4 rings (SSSR count). The zero-order chi connectivity index (χ0) is 30.3. The molecule has 0 spiro atoms. The molecular weight excluding hydrogens is 532 g/mol. The quantitative estimate of drug-likeness (QED) is 0.173. The summed E-state index contributed by atoms with van der Waals surface area (Å²) >= 11 is 0. The number of piperidine rings is 1. The van der Waals surface area contributed by atoms with E-state index in [4.69, 9.17) is 4.74 Å². The molecule has 1 saturated heterocycles. The van der Waals surface area contributed by atoms with Crippen LogP contribution in [-0.2, 0) is 16.0 Å². The minimum absolute atomic E-state index is 0.0109. The van der Waals surface area contributed by atoms with Crippen LogP contribution in [0.25, 0.3) is 10.9 Å². The molecule has 1 aliphatic heterocycles. The number of para-hydroxylation sites is 1. The van der Waals surface area contributed by atoms with Gasteiger partial charge in [-0.05, 0) is 68.1 Å². The minimum atomic E-state index is -0.899. The fourth-order valence-electron chi connectivity index (χ4n) is 5.60. The molecule has 1 aromatic heterocycles. The summed E-state index contributed by atoms with van der Waals surface area (Å²) in [7, 11) is 0. The largest absolute Gasteiger partial charge is 0.493 e. The van der Waals surface area contributed by atoms with E-state index in [1.54, 1.807) is 40.7 Å². The Labute approximate surface area is 246 Å². The number of aryl methyl sites for hydroxylation is 1. The van der Waals surface area contributed by atoms with E-state index in [2.05, 4.69) is 29.0 Å². The monoisotopic (exact) mass is 572 g/mol. The summed E-state index contributed by atoms with van der Waals surface area (Å²) in [6, 6.07) is 17.0. The van der Waals surface area contributed by atoms with Gasteiger partial charge in [0.05, 0.1) is 24.1 Å². The van der Waals surface area contributed by atoms with E-state index in [1.807, 2.05) is 39.0 Å². The number of rotatable bonds is 11. The van der Waals surface area contributed by atoms with Crippen molar-refractivity contribution in [2.45, 2.75) is 58.4 Å². The van der Waals surface area contributed by atoms with Crippen molar-refractivity contribution in [1.82, 2.24) is 20.7 Å². The van der Waals surface area contributed by atoms with E-state index in [-0.39, 0.29) is 18.2 Å². The lowest BCUT2D eigenvalue weighted by atomic mass is 9.81. The van der Waals surface area contributed by atoms with Gasteiger partial charge in [0.2, 0.25) is 11.8 Å². The van der Waals surface area contributed by atoms with Gasteiger partial charge in [0.1, 0.15) is 5.75 Å². The summed E-state index contributed by atoms with van der Waals surface area (Å²) in [5.41, 5.74) is 3.71. The minimum Gasteiger partial charge on any atom is -0.493 e. The molecule has 0 unspecified atom stereocenters. The van der Waals surface area contributed by atoms with Gasteiger partial charge in [0, 0.05) is 41.6 Å². The number of carbonyl (C=O) groups is 3. The Hall–Kier alpha value is -4.24. The molecule has 2 aromatic carbocycles. The molecule has 1 fully saturated rings. The number of ether oxygens (including phenoxy) is 1. The van der Waals surface area contributed by atoms with Crippen molar-refractivity contribution in [3.63, 3.8) is 0 Å². The van der Waals surface area contributed by atoms with Gasteiger partial charge < -0.3 is 15.0 Å². The van der Waals surface area contributed by atoms with Crippen molar-refractivity contribution in [2.75, 3.05) is 19.7 Å². The molecule has 0 aliphatic carbocycles. The summed E-state index contributed by atoms with van der Waals surface area (Å²) in [6.07, 6.45) is 3.66. The lowest BCUT2D eigenvalue weighted by molar-refractivity contribution is -0.142. The number of hydrogen-bond donors (Lipinski definition) is 3. The van der Waals surface area contributed by atoms with Crippen LogP contribution in [0.5, 0.6) is 5.75 Å². The molecule has 9 heteroatoms. The van der Waals surface area contributed by atoms with E-state index in [0.29, 0.717) is 56.7 Å². The number of likely N-dealkylation sites (tertiary alicyclic amines) is 1. The topological polar surface area (TPSA) is 121 Å². The standard InChI is InChI=1S/C33H40N4O5/c1-5-15-32(3,4)31(40)37-18-16-33(17-19-37,22-29(38)36-41)35-30(39)24-10-12-26(13-11-24)42-20-14-25-21-23(2)34-28-9-7-6-8-27(25)28/h5-13,21,41H,1,14-20,22H2,2-4H3,(H,35,39)(H,36,38). The third-order valence-corrected chi connectivity index (χ3v) is 7.93. The summed E-state index contributed by atoms with van der Waals surface area (Å²) in [5, 5.41) is 13.3. The second-order valence-corrected chi connectivity index (χ2v) is 11.7. The number of nitrogens with zero attached hydrogens (tertiary/aromatic N) is 2. The Balaban J connectivity index is 1.37. The molecule has 9 nitrogen and oxygen atoms in total. The summed E-state index contributed by atoms with van der Waals surface area (Å²) in [4.78, 5) is 44.9. The van der Waals surface area contributed by atoms with Crippen molar-refractivity contribution in [2.24, 2.45) is 5.41 Å². The van der Waals surface area contributed by atoms with Gasteiger partial charge in [-0.1, -0.05) is 38.1 Å². The zero-order valence-corrected chi connectivity index (χ0v) is 24.6. The molecule has 3 aromatic rings. The molecule has 222 valence electrons. The maximum absolute atomic E-state index is 13.3. The molecule has 2 heterocycles. The first kappa shape index (κ1) is 30.7. The third-order valence-electron chi connectivity index (χ3n) is 7.93. The Morgan fingerprint density at radius 3 is 2.48 bits per heavy atom. The van der Waals surface area contributed by atoms with Gasteiger partial charge in [0.15, 0.2) is 0 Å². The normalized spacial score (nSPS) is 14.7. The maximum atomic E-state index is 13.3. The van der Waals surface area contributed by atoms with Gasteiger partial charge in [-0.2, -0.15) is 0 Å². The SMILES string of the molecule is C=CCC(C)(C)C(=O)N1CCC(CC(=O)NO)(NC(=O)c2ccc(OCCc3cc(C)nc4ccccc34)cc2)CC1. The molecule has 42 heavy (non-hydrogen) atoms. The van der Waals surface area contributed by atoms with Crippen LogP contribution in [0.4, 0.5) is 0 Å². The van der Waals surface area contributed by atoms with Crippen LogP contribution < -0.4 is 15.5 Å². The molecule has 0 bridgehead atoms. The highest BCUT2D eigenvalue weighted by Crippen LogP contribution is 2.31. The molecule has 3 N–H and O–H groups in total. The van der Waals surface area contributed by atoms with Gasteiger partial charge in [-0.25, -0.2) is 5.48 Å². The Morgan fingerprint density at radius 1 is 1.12 bits per heavy atom. The van der Waals surface area contributed by atoms with Crippen molar-refractivity contribution in [3.05, 3.63) is 84.1 Å². The number of allylic oxidation sites excluding steroid dienone is 1. The van der Waals surface area contributed by atoms with E-state index in [0.717, 1.165) is 16.6 Å². The number of hydroxylamine groups is 1. The van der Waals surface area contributed by atoms with Crippen LogP contribution in [0.3, 0.4) is 0 Å². The van der Waals surface area contributed by atoms with Gasteiger partial charge in [-0.3, -0.25) is 24.6 Å². The van der Waals surface area contributed by atoms with E-state index in [1.165, 1.54) is 5.56 Å². The predicted octanol–water partition coefficient (Wildman–Crippen LogP) is 4.75. The molecule has 3 amide bonds. The number of nitrogens with one attached hydrogen (secondary N) is 2. The first-order chi connectivity index (χ1) is 20.1. The number of pyridine rings is 1. The van der Waals surface area contributed by atoms with E-state index in [9.17, 15) is 19.6 Å². The zero-order valence-electron chi connectivity index (χ0n) is 24.6. The highest BCUT2D eigenvalue weighted by atomic mass is 16.5. The second-order valence-electron chi connectivity index (χ2n) is 11.7. The van der Waals surface area contributed by atoms with Crippen molar-refractivity contribution >= 4 is 28.6 Å². The Bertz CT molecular complexity index is 1440. The second kappa shape index (κ2) is 13.2. The Kier molecular flexibility index (Phi) is 9.63. The van der Waals surface area contributed by atoms with Crippen LogP contribution in [-0.4, -0.2) is 58.0 Å². The van der Waals surface area contributed by atoms with Crippen LogP contribution >= 0.6 is 0 Å². The first-order valence-electron chi connectivity index (χ1n) is 14.3. The first-order valence-corrected chi connectivity index (χ1v) is 14.3. The summed E-state index contributed by atoms with van der Waals surface area (Å²) < 4.78 is 5.97. The molecule has 1 aliphatic rings. The van der Waals surface area contributed by atoms with Gasteiger partial charge in [0.25, 0.3) is 5.91 Å². The highest BCUT2D eigenvalue weighted by molar-refractivity contribution is 5.95. The number of hydrogen-bond acceptors (Lipinski definition) is 6. The van der Waals surface area contributed by atoms with E-state index < -0.39 is 16.9 Å². The lowest BCUT2D eigenvalue weighted by Gasteiger charge is -2.43. The molecular formula is C33H40N4O5. The van der Waals surface area contributed by atoms with Gasteiger partial charge >= 0.3 is 0 Å². The summed E-state index contributed by atoms with van der Waals surface area (Å²) in [6.45, 7) is 10.7. The highest BCUT2D eigenvalue weighted by Gasteiger charge is 2.41. The maximum Gasteiger partial charge on any atom is 0.251 e. The third kappa shape index (κ3) is 7.33. The van der Waals surface area contributed by atoms with Crippen LogP contribution in [0.15, 0.2) is 67.3 Å². The van der Waals surface area contributed by atoms with Gasteiger partial charge in [-0.15, -0.1) is 6.58 Å². The molecule has 0 radical (unpaired) electrons. The average molecular weight is 573 g/mol. The van der Waals surface area contributed by atoms with Crippen LogP contribution in [0, 0.1) is 12.3 Å². The van der Waals surface area contributed by atoms with Crippen LogP contribution in [0.2, 0.25) is 0 Å². The number of amides is 3. The number of aromatic nitrogens is 1. The average Bonchev–Trinajstić information content (AvgIpc) is 2.97. The fourth-order valence-corrected chi connectivity index (χ4v) is 5.60. The smallest absolute Gasteiger partial charge is 0.251 e. The molecule has 0 atom stereocenters. The number of fused-ring (bicyclic) bond motifs is 1. The molecule has 0 saturated carbocycles.